The van der Waals surface area contributed by atoms with Crippen molar-refractivity contribution < 1.29 is 4.79 Å². The Morgan fingerprint density at radius 3 is 2.65 bits per heavy atom. The summed E-state index contributed by atoms with van der Waals surface area (Å²) >= 11 is 3.26. The first-order valence-corrected chi connectivity index (χ1v) is 6.66. The van der Waals surface area contributed by atoms with Crippen LogP contribution in [0.2, 0.25) is 0 Å². The quantitative estimate of drug-likeness (QED) is 0.734. The van der Waals surface area contributed by atoms with Crippen LogP contribution < -0.4 is 5.32 Å². The first kappa shape index (κ1) is 12.7. The zero-order chi connectivity index (χ0) is 13.9. The molecule has 98 valence electrons. The highest BCUT2D eigenvalue weighted by Crippen LogP contribution is 2.14. The van der Waals surface area contributed by atoms with Crippen molar-refractivity contribution in [1.29, 1.82) is 0 Å². The number of anilines is 1. The second-order valence-corrected chi connectivity index (χ2v) is 4.87. The van der Waals surface area contributed by atoms with Crippen LogP contribution in [0.15, 0.2) is 53.4 Å². The number of benzene rings is 1. The van der Waals surface area contributed by atoms with E-state index in [0.29, 0.717) is 21.5 Å². The van der Waals surface area contributed by atoms with Gasteiger partial charge in [-0.2, -0.15) is 0 Å². The SMILES string of the molecule is O=C(Nc1cccc(Br)n1)c1ccc2nccnc2c1. The van der Waals surface area contributed by atoms with Gasteiger partial charge < -0.3 is 5.32 Å². The van der Waals surface area contributed by atoms with Gasteiger partial charge in [-0.3, -0.25) is 14.8 Å². The number of rotatable bonds is 2. The van der Waals surface area contributed by atoms with Crippen molar-refractivity contribution >= 4 is 38.7 Å². The number of pyridine rings is 1. The molecule has 0 bridgehead atoms. The molecule has 1 amide bonds. The third kappa shape index (κ3) is 2.65. The lowest BCUT2D eigenvalue weighted by Crippen LogP contribution is -2.13. The highest BCUT2D eigenvalue weighted by Gasteiger charge is 2.08. The van der Waals surface area contributed by atoms with Gasteiger partial charge in [-0.1, -0.05) is 6.07 Å². The van der Waals surface area contributed by atoms with Crippen LogP contribution in [-0.4, -0.2) is 20.9 Å². The summed E-state index contributed by atoms with van der Waals surface area (Å²) in [6, 6.07) is 10.5. The summed E-state index contributed by atoms with van der Waals surface area (Å²) in [6.45, 7) is 0. The average Bonchev–Trinajstić information content (AvgIpc) is 2.47. The van der Waals surface area contributed by atoms with E-state index in [1.54, 1.807) is 48.8 Å². The van der Waals surface area contributed by atoms with Crippen molar-refractivity contribution in [2.45, 2.75) is 0 Å². The minimum Gasteiger partial charge on any atom is -0.307 e. The Labute approximate surface area is 123 Å². The summed E-state index contributed by atoms with van der Waals surface area (Å²) in [4.78, 5) is 24.7. The number of amides is 1. The first-order valence-electron chi connectivity index (χ1n) is 5.87. The molecule has 1 aromatic carbocycles. The summed E-state index contributed by atoms with van der Waals surface area (Å²) in [6.07, 6.45) is 3.22. The maximum atomic E-state index is 12.2. The van der Waals surface area contributed by atoms with E-state index in [-0.39, 0.29) is 5.91 Å². The van der Waals surface area contributed by atoms with E-state index in [1.807, 2.05) is 0 Å². The largest absolute Gasteiger partial charge is 0.307 e. The molecule has 5 nitrogen and oxygen atoms in total. The van der Waals surface area contributed by atoms with Crippen molar-refractivity contribution in [3.63, 3.8) is 0 Å². The van der Waals surface area contributed by atoms with Gasteiger partial charge in [-0.25, -0.2) is 4.98 Å². The highest BCUT2D eigenvalue weighted by molar-refractivity contribution is 9.10. The van der Waals surface area contributed by atoms with E-state index in [1.165, 1.54) is 0 Å². The molecule has 0 aliphatic rings. The van der Waals surface area contributed by atoms with Crippen molar-refractivity contribution in [2.24, 2.45) is 0 Å². The molecule has 0 saturated heterocycles. The molecule has 1 N–H and O–H groups in total. The Balaban J connectivity index is 1.88. The van der Waals surface area contributed by atoms with Crippen LogP contribution in [0.25, 0.3) is 11.0 Å². The molecule has 0 radical (unpaired) electrons. The fourth-order valence-corrected chi connectivity index (χ4v) is 2.11. The standard InChI is InChI=1S/C14H9BrN4O/c15-12-2-1-3-13(18-12)19-14(20)9-4-5-10-11(8-9)17-7-6-16-10/h1-8H,(H,18,19,20). The summed E-state index contributed by atoms with van der Waals surface area (Å²) < 4.78 is 0.666. The van der Waals surface area contributed by atoms with Crippen LogP contribution in [0, 0.1) is 0 Å². The maximum Gasteiger partial charge on any atom is 0.256 e. The molecule has 0 aliphatic heterocycles. The van der Waals surface area contributed by atoms with Gasteiger partial charge in [0.15, 0.2) is 0 Å². The highest BCUT2D eigenvalue weighted by atomic mass is 79.9. The van der Waals surface area contributed by atoms with Gasteiger partial charge in [0.05, 0.1) is 11.0 Å². The molecule has 0 unspecified atom stereocenters. The van der Waals surface area contributed by atoms with Gasteiger partial charge in [0.2, 0.25) is 0 Å². The van der Waals surface area contributed by atoms with Crippen LogP contribution in [0.1, 0.15) is 10.4 Å². The lowest BCUT2D eigenvalue weighted by Gasteiger charge is -2.05. The second kappa shape index (κ2) is 5.34. The topological polar surface area (TPSA) is 67.8 Å². The number of carbonyl (C=O) groups is 1. The number of halogens is 1. The Hall–Kier alpha value is -2.34. The minimum atomic E-state index is -0.233. The molecule has 3 rings (SSSR count). The van der Waals surface area contributed by atoms with Gasteiger partial charge in [-0.15, -0.1) is 0 Å². The molecular formula is C14H9BrN4O. The van der Waals surface area contributed by atoms with Crippen molar-refractivity contribution in [3.05, 3.63) is 59.0 Å². The molecule has 0 saturated carbocycles. The predicted molar refractivity (Wildman–Crippen MR) is 79.4 cm³/mol. The van der Waals surface area contributed by atoms with E-state index in [0.717, 1.165) is 5.52 Å². The summed E-state index contributed by atoms with van der Waals surface area (Å²) in [5.74, 6) is 0.256. The van der Waals surface area contributed by atoms with E-state index in [9.17, 15) is 4.79 Å². The molecule has 20 heavy (non-hydrogen) atoms. The molecule has 0 atom stereocenters. The fourth-order valence-electron chi connectivity index (χ4n) is 1.77. The number of carbonyl (C=O) groups excluding carboxylic acids is 1. The molecule has 2 heterocycles. The molecule has 2 aromatic heterocycles. The third-order valence-electron chi connectivity index (χ3n) is 2.69. The zero-order valence-electron chi connectivity index (χ0n) is 10.2. The molecule has 0 aliphatic carbocycles. The van der Waals surface area contributed by atoms with Gasteiger partial charge in [0.1, 0.15) is 10.4 Å². The lowest BCUT2D eigenvalue weighted by molar-refractivity contribution is 0.102. The smallest absolute Gasteiger partial charge is 0.256 e. The monoisotopic (exact) mass is 328 g/mol. The van der Waals surface area contributed by atoms with Crippen molar-refractivity contribution in [2.75, 3.05) is 5.32 Å². The van der Waals surface area contributed by atoms with E-state index < -0.39 is 0 Å². The fraction of sp³-hybridized carbons (Fsp3) is 0. The number of hydrogen-bond donors (Lipinski definition) is 1. The molecule has 0 fully saturated rings. The van der Waals surface area contributed by atoms with Crippen LogP contribution in [-0.2, 0) is 0 Å². The summed E-state index contributed by atoms with van der Waals surface area (Å²) in [5, 5.41) is 2.74. The normalized spacial score (nSPS) is 10.4. The molecule has 3 aromatic rings. The van der Waals surface area contributed by atoms with Crippen LogP contribution in [0.5, 0.6) is 0 Å². The van der Waals surface area contributed by atoms with Gasteiger partial charge in [0, 0.05) is 18.0 Å². The molecular weight excluding hydrogens is 320 g/mol. The third-order valence-corrected chi connectivity index (χ3v) is 3.13. The van der Waals surface area contributed by atoms with Crippen LogP contribution in [0.3, 0.4) is 0 Å². The predicted octanol–water partition coefficient (Wildman–Crippen LogP) is 3.04. The number of hydrogen-bond acceptors (Lipinski definition) is 4. The Morgan fingerprint density at radius 2 is 1.85 bits per heavy atom. The number of nitrogens with zero attached hydrogens (tertiary/aromatic N) is 3. The van der Waals surface area contributed by atoms with Gasteiger partial charge >= 0.3 is 0 Å². The van der Waals surface area contributed by atoms with E-state index in [2.05, 4.69) is 36.2 Å². The zero-order valence-corrected chi connectivity index (χ0v) is 11.8. The first-order chi connectivity index (χ1) is 9.72. The number of fused-ring (bicyclic) bond motifs is 1. The average molecular weight is 329 g/mol. The maximum absolute atomic E-state index is 12.2. The lowest BCUT2D eigenvalue weighted by atomic mass is 10.2. The Morgan fingerprint density at radius 1 is 1.05 bits per heavy atom. The van der Waals surface area contributed by atoms with E-state index >= 15 is 0 Å². The minimum absolute atomic E-state index is 0.233. The van der Waals surface area contributed by atoms with Crippen LogP contribution >= 0.6 is 15.9 Å². The Kier molecular flexibility index (Phi) is 3.39. The molecule has 0 spiro atoms. The van der Waals surface area contributed by atoms with Crippen molar-refractivity contribution in [3.8, 4) is 0 Å². The summed E-state index contributed by atoms with van der Waals surface area (Å²) in [7, 11) is 0. The number of nitrogens with one attached hydrogen (secondary N) is 1. The molecule has 6 heteroatoms. The van der Waals surface area contributed by atoms with Gasteiger partial charge in [0.25, 0.3) is 5.91 Å². The van der Waals surface area contributed by atoms with Crippen LogP contribution in [0.4, 0.5) is 5.82 Å². The Bertz CT molecular complexity index is 791. The number of aromatic nitrogens is 3. The second-order valence-electron chi connectivity index (χ2n) is 4.06. The van der Waals surface area contributed by atoms with Crippen molar-refractivity contribution in [1.82, 2.24) is 15.0 Å². The summed E-state index contributed by atoms with van der Waals surface area (Å²) in [5.41, 5.74) is 1.95. The van der Waals surface area contributed by atoms with Gasteiger partial charge in [-0.05, 0) is 46.3 Å². The van der Waals surface area contributed by atoms with E-state index in [4.69, 9.17) is 0 Å².